The number of rotatable bonds is 5. The number of aromatic amines is 2. The van der Waals surface area contributed by atoms with Gasteiger partial charge in [0.05, 0.1) is 28.8 Å². The molecule has 0 unspecified atom stereocenters. The van der Waals surface area contributed by atoms with Crippen LogP contribution in [0.3, 0.4) is 0 Å². The van der Waals surface area contributed by atoms with E-state index in [0.29, 0.717) is 18.9 Å². The molecule has 0 spiro atoms. The lowest BCUT2D eigenvalue weighted by atomic mass is 10.1. The van der Waals surface area contributed by atoms with Gasteiger partial charge in [0.15, 0.2) is 10.2 Å². The molecule has 0 atom stereocenters. The second kappa shape index (κ2) is 8.34. The Morgan fingerprint density at radius 2 is 1.91 bits per heavy atom. The summed E-state index contributed by atoms with van der Waals surface area (Å²) in [5.41, 5.74) is 4.30. The average molecular weight is 457 g/mol. The Morgan fingerprint density at radius 3 is 2.79 bits per heavy atom. The Balaban J connectivity index is 1.15. The van der Waals surface area contributed by atoms with Crippen molar-refractivity contribution >= 4 is 22.8 Å². The van der Waals surface area contributed by atoms with Crippen molar-refractivity contribution in [1.82, 2.24) is 29.8 Å². The van der Waals surface area contributed by atoms with Crippen molar-refractivity contribution in [2.75, 3.05) is 6.54 Å². The first kappa shape index (κ1) is 20.0. The van der Waals surface area contributed by atoms with Gasteiger partial charge in [-0.2, -0.15) is 0 Å². The highest BCUT2D eigenvalue weighted by Crippen LogP contribution is 2.29. The zero-order chi connectivity index (χ0) is 22.2. The number of H-pyrrole nitrogens is 2. The molecule has 5 heterocycles. The molecule has 0 radical (unpaired) electrons. The summed E-state index contributed by atoms with van der Waals surface area (Å²) in [6, 6.07) is 15.6. The summed E-state index contributed by atoms with van der Waals surface area (Å²) in [4.78, 5) is 34.5. The fourth-order valence-electron chi connectivity index (χ4n) is 4.05. The van der Waals surface area contributed by atoms with E-state index >= 15 is 0 Å². The number of benzene rings is 1. The van der Waals surface area contributed by atoms with E-state index in [1.807, 2.05) is 48.5 Å². The second-order valence-electron chi connectivity index (χ2n) is 7.92. The Hall–Kier alpha value is -3.69. The number of imidazole rings is 1. The summed E-state index contributed by atoms with van der Waals surface area (Å²) in [5, 5.41) is 1.58. The summed E-state index contributed by atoms with van der Waals surface area (Å²) in [6.07, 6.45) is 4.11. The smallest absolute Gasteiger partial charge is 0.255 e. The summed E-state index contributed by atoms with van der Waals surface area (Å²) in [5.74, 6) is 1.45. The van der Waals surface area contributed by atoms with Crippen molar-refractivity contribution in [3.8, 4) is 11.4 Å². The number of hydrogen-bond donors (Lipinski definition) is 2. The van der Waals surface area contributed by atoms with Crippen LogP contribution in [0.2, 0.25) is 0 Å². The predicted molar refractivity (Wildman–Crippen MR) is 125 cm³/mol. The van der Waals surface area contributed by atoms with Gasteiger partial charge in [-0.15, -0.1) is 0 Å². The van der Waals surface area contributed by atoms with E-state index in [4.69, 9.17) is 9.40 Å². The average Bonchev–Trinajstić information content (AvgIpc) is 3.46. The van der Waals surface area contributed by atoms with Crippen LogP contribution >= 0.6 is 11.8 Å². The standard InChI is InChI=1S/C24H20N6O2S/c31-23-17-14-30(12-9-18(17)26-22(29-23)15-7-10-25-11-8-15)13-16-5-6-21(32-16)33-24-27-19-3-1-2-4-20(19)28-24/h1-8,10-11H,9,12-14H2,(H,27,28)(H,26,29,31). The second-order valence-corrected chi connectivity index (χ2v) is 8.91. The summed E-state index contributed by atoms with van der Waals surface area (Å²) >= 11 is 1.47. The molecule has 4 aromatic heterocycles. The van der Waals surface area contributed by atoms with Crippen LogP contribution in [0.25, 0.3) is 22.4 Å². The van der Waals surface area contributed by atoms with Crippen LogP contribution in [0.4, 0.5) is 0 Å². The lowest BCUT2D eigenvalue weighted by molar-refractivity contribution is 0.217. The zero-order valence-electron chi connectivity index (χ0n) is 17.6. The molecule has 0 amide bonds. The van der Waals surface area contributed by atoms with Crippen LogP contribution in [-0.4, -0.2) is 36.4 Å². The number of hydrogen-bond acceptors (Lipinski definition) is 7. The summed E-state index contributed by atoms with van der Waals surface area (Å²) in [7, 11) is 0. The molecular formula is C24H20N6O2S. The van der Waals surface area contributed by atoms with Gasteiger partial charge in [0, 0.05) is 37.5 Å². The van der Waals surface area contributed by atoms with Gasteiger partial charge in [0.25, 0.3) is 5.56 Å². The van der Waals surface area contributed by atoms with Crippen molar-refractivity contribution in [2.24, 2.45) is 0 Å². The van der Waals surface area contributed by atoms with Crippen LogP contribution in [0.5, 0.6) is 0 Å². The molecule has 2 N–H and O–H groups in total. The number of fused-ring (bicyclic) bond motifs is 2. The van der Waals surface area contributed by atoms with Crippen molar-refractivity contribution < 1.29 is 4.42 Å². The highest BCUT2D eigenvalue weighted by atomic mass is 32.2. The topological polar surface area (TPSA) is 104 Å². The minimum absolute atomic E-state index is 0.0860. The van der Waals surface area contributed by atoms with Crippen LogP contribution in [0.15, 0.2) is 80.4 Å². The van der Waals surface area contributed by atoms with Gasteiger partial charge < -0.3 is 14.4 Å². The Labute approximate surface area is 193 Å². The molecule has 0 fully saturated rings. The van der Waals surface area contributed by atoms with Gasteiger partial charge >= 0.3 is 0 Å². The maximum absolute atomic E-state index is 12.8. The molecule has 0 saturated carbocycles. The van der Waals surface area contributed by atoms with E-state index < -0.39 is 0 Å². The molecule has 9 heteroatoms. The maximum atomic E-state index is 12.8. The van der Waals surface area contributed by atoms with Gasteiger partial charge in [-0.1, -0.05) is 12.1 Å². The summed E-state index contributed by atoms with van der Waals surface area (Å²) in [6.45, 7) is 1.98. The Kier molecular flexibility index (Phi) is 5.04. The molecule has 1 aliphatic heterocycles. The van der Waals surface area contributed by atoms with Gasteiger partial charge in [-0.3, -0.25) is 14.7 Å². The van der Waals surface area contributed by atoms with E-state index in [0.717, 1.165) is 56.8 Å². The highest BCUT2D eigenvalue weighted by Gasteiger charge is 2.22. The molecule has 6 rings (SSSR count). The van der Waals surface area contributed by atoms with Crippen molar-refractivity contribution in [2.45, 2.75) is 29.8 Å². The molecule has 0 saturated heterocycles. The maximum Gasteiger partial charge on any atom is 0.255 e. The predicted octanol–water partition coefficient (Wildman–Crippen LogP) is 4.01. The third kappa shape index (κ3) is 4.08. The first-order valence-electron chi connectivity index (χ1n) is 10.7. The van der Waals surface area contributed by atoms with Gasteiger partial charge in [0.1, 0.15) is 11.6 Å². The van der Waals surface area contributed by atoms with E-state index in [1.54, 1.807) is 12.4 Å². The number of aromatic nitrogens is 5. The molecule has 8 nitrogen and oxygen atoms in total. The van der Waals surface area contributed by atoms with Crippen LogP contribution in [0, 0.1) is 0 Å². The lowest BCUT2D eigenvalue weighted by Crippen LogP contribution is -2.35. The fourth-order valence-corrected chi connectivity index (χ4v) is 4.83. The molecule has 33 heavy (non-hydrogen) atoms. The first-order chi connectivity index (χ1) is 16.2. The van der Waals surface area contributed by atoms with Crippen LogP contribution < -0.4 is 5.56 Å². The van der Waals surface area contributed by atoms with Gasteiger partial charge in [0.2, 0.25) is 0 Å². The largest absolute Gasteiger partial charge is 0.453 e. The van der Waals surface area contributed by atoms with E-state index in [9.17, 15) is 4.79 Å². The monoisotopic (exact) mass is 456 g/mol. The fraction of sp³-hybridized carbons (Fsp3) is 0.167. The molecular weight excluding hydrogens is 436 g/mol. The van der Waals surface area contributed by atoms with Crippen LogP contribution in [-0.2, 0) is 19.5 Å². The number of nitrogens with zero attached hydrogens (tertiary/aromatic N) is 4. The normalized spacial score (nSPS) is 13.9. The first-order valence-corrected chi connectivity index (χ1v) is 11.5. The van der Waals surface area contributed by atoms with E-state index in [1.165, 1.54) is 11.8 Å². The van der Waals surface area contributed by atoms with E-state index in [2.05, 4.69) is 24.8 Å². The molecule has 1 aliphatic rings. The molecule has 1 aromatic carbocycles. The number of furan rings is 1. The summed E-state index contributed by atoms with van der Waals surface area (Å²) < 4.78 is 6.04. The minimum atomic E-state index is -0.0860. The lowest BCUT2D eigenvalue weighted by Gasteiger charge is -2.26. The number of pyridine rings is 1. The van der Waals surface area contributed by atoms with Crippen molar-refractivity contribution in [3.63, 3.8) is 0 Å². The Bertz CT molecular complexity index is 1460. The highest BCUT2D eigenvalue weighted by molar-refractivity contribution is 7.99. The molecule has 0 aliphatic carbocycles. The van der Waals surface area contributed by atoms with Crippen molar-refractivity contribution in [3.05, 3.63) is 88.3 Å². The molecule has 164 valence electrons. The molecule has 0 bridgehead atoms. The third-order valence-electron chi connectivity index (χ3n) is 5.68. The van der Waals surface area contributed by atoms with E-state index in [-0.39, 0.29) is 5.56 Å². The van der Waals surface area contributed by atoms with Crippen LogP contribution in [0.1, 0.15) is 17.0 Å². The number of para-hydroxylation sites is 2. The zero-order valence-corrected chi connectivity index (χ0v) is 18.4. The minimum Gasteiger partial charge on any atom is -0.453 e. The van der Waals surface area contributed by atoms with Gasteiger partial charge in [-0.05, 0) is 48.2 Å². The Morgan fingerprint density at radius 1 is 1.03 bits per heavy atom. The van der Waals surface area contributed by atoms with Gasteiger partial charge in [-0.25, -0.2) is 9.97 Å². The molecule has 5 aromatic rings. The van der Waals surface area contributed by atoms with Crippen molar-refractivity contribution in [1.29, 1.82) is 0 Å². The number of nitrogens with one attached hydrogen (secondary N) is 2. The SMILES string of the molecule is O=c1[nH]c(-c2ccncc2)nc2c1CN(Cc1ccc(Sc3nc4ccccc4[nH]3)o1)CC2. The quantitative estimate of drug-likeness (QED) is 0.412. The third-order valence-corrected chi connectivity index (χ3v) is 6.49.